The van der Waals surface area contributed by atoms with Gasteiger partial charge in [-0.25, -0.2) is 15.0 Å². The summed E-state index contributed by atoms with van der Waals surface area (Å²) < 4.78 is 0. The van der Waals surface area contributed by atoms with E-state index in [2.05, 4.69) is 27.1 Å². The van der Waals surface area contributed by atoms with E-state index in [-0.39, 0.29) is 0 Å². The Kier molecular flexibility index (Phi) is 4.84. The maximum atomic E-state index is 5.14. The number of aromatic nitrogens is 4. The van der Waals surface area contributed by atoms with Crippen molar-refractivity contribution in [3.63, 3.8) is 0 Å². The third-order valence-electron chi connectivity index (χ3n) is 6.14. The maximum absolute atomic E-state index is 5.14. The summed E-state index contributed by atoms with van der Waals surface area (Å²) >= 11 is 3.61. The minimum absolute atomic E-state index is 0.784. The van der Waals surface area contributed by atoms with Crippen molar-refractivity contribution in [2.45, 2.75) is 32.6 Å². The number of fused-ring (bicyclic) bond motifs is 3. The first-order valence-corrected chi connectivity index (χ1v) is 12.6. The highest BCUT2D eigenvalue weighted by atomic mass is 32.1. The van der Waals surface area contributed by atoms with Gasteiger partial charge >= 0.3 is 0 Å². The lowest BCUT2D eigenvalue weighted by molar-refractivity contribution is 0.798. The van der Waals surface area contributed by atoms with Crippen LogP contribution in [0.4, 0.5) is 10.9 Å². The Bertz CT molecular complexity index is 1230. The number of thiazole rings is 1. The van der Waals surface area contributed by atoms with Crippen LogP contribution in [0.3, 0.4) is 0 Å². The molecule has 0 atom stereocenters. The van der Waals surface area contributed by atoms with Crippen molar-refractivity contribution in [2.75, 3.05) is 36.0 Å². The summed E-state index contributed by atoms with van der Waals surface area (Å²) in [5, 5.41) is 4.57. The molecule has 0 radical (unpaired) electrons. The van der Waals surface area contributed by atoms with Crippen molar-refractivity contribution in [1.29, 1.82) is 0 Å². The zero-order valence-electron chi connectivity index (χ0n) is 17.5. The highest BCUT2D eigenvalue weighted by molar-refractivity contribution is 7.19. The van der Waals surface area contributed by atoms with Crippen LogP contribution in [0.2, 0.25) is 0 Å². The van der Waals surface area contributed by atoms with Crippen molar-refractivity contribution in [1.82, 2.24) is 19.9 Å². The standard InChI is InChI=1S/C23H24N6S2/c1-15-14-30-23(25-15)29-10-4-9-28(11-12-29)21-19-17-6-2-7-18(17)31-22(19)27-20(26-21)16-5-3-8-24-13-16/h3,5,8,13-14H,2,4,6-7,9-12H2,1H3. The molecule has 158 valence electrons. The van der Waals surface area contributed by atoms with Crippen LogP contribution in [0.1, 0.15) is 29.0 Å². The van der Waals surface area contributed by atoms with Crippen LogP contribution in [0.15, 0.2) is 29.9 Å². The summed E-state index contributed by atoms with van der Waals surface area (Å²) in [4.78, 5) is 26.7. The van der Waals surface area contributed by atoms with Crippen LogP contribution in [0, 0.1) is 6.92 Å². The minimum Gasteiger partial charge on any atom is -0.354 e. The average Bonchev–Trinajstić information content (AvgIpc) is 3.45. The van der Waals surface area contributed by atoms with Crippen molar-refractivity contribution in [3.8, 4) is 11.4 Å². The summed E-state index contributed by atoms with van der Waals surface area (Å²) in [7, 11) is 0. The van der Waals surface area contributed by atoms with E-state index in [1.54, 1.807) is 17.5 Å². The number of hydrogen-bond donors (Lipinski definition) is 0. The molecule has 1 aliphatic carbocycles. The molecule has 4 aromatic heterocycles. The predicted molar refractivity (Wildman–Crippen MR) is 129 cm³/mol. The highest BCUT2D eigenvalue weighted by Gasteiger charge is 2.26. The minimum atomic E-state index is 0.784. The molecule has 1 fully saturated rings. The number of pyridine rings is 1. The smallest absolute Gasteiger partial charge is 0.185 e. The zero-order chi connectivity index (χ0) is 20.8. The van der Waals surface area contributed by atoms with Gasteiger partial charge in [0.25, 0.3) is 0 Å². The lowest BCUT2D eigenvalue weighted by Crippen LogP contribution is -2.31. The Labute approximate surface area is 189 Å². The quantitative estimate of drug-likeness (QED) is 0.452. The van der Waals surface area contributed by atoms with Crippen LogP contribution in [0.25, 0.3) is 21.6 Å². The third kappa shape index (κ3) is 3.47. The van der Waals surface area contributed by atoms with Crippen LogP contribution >= 0.6 is 22.7 Å². The van der Waals surface area contributed by atoms with Gasteiger partial charge in [0.2, 0.25) is 0 Å². The Morgan fingerprint density at radius 1 is 0.968 bits per heavy atom. The molecule has 0 bridgehead atoms. The number of hydrogen-bond acceptors (Lipinski definition) is 8. The van der Waals surface area contributed by atoms with E-state index in [1.807, 2.05) is 29.7 Å². The first-order chi connectivity index (χ1) is 15.3. The molecule has 0 aromatic carbocycles. The Hall–Kier alpha value is -2.58. The molecule has 2 aliphatic rings. The molecule has 8 heteroatoms. The molecule has 6 rings (SSSR count). The molecule has 31 heavy (non-hydrogen) atoms. The molecule has 1 aliphatic heterocycles. The molecular weight excluding hydrogens is 424 g/mol. The van der Waals surface area contributed by atoms with Gasteiger partial charge in [-0.15, -0.1) is 22.7 Å². The van der Waals surface area contributed by atoms with E-state index in [4.69, 9.17) is 15.0 Å². The number of aryl methyl sites for hydroxylation is 3. The van der Waals surface area contributed by atoms with E-state index in [9.17, 15) is 0 Å². The first-order valence-electron chi connectivity index (χ1n) is 10.9. The lowest BCUT2D eigenvalue weighted by Gasteiger charge is -2.24. The first kappa shape index (κ1) is 19.1. The number of thiophene rings is 1. The van der Waals surface area contributed by atoms with Gasteiger partial charge < -0.3 is 9.80 Å². The number of anilines is 2. The monoisotopic (exact) mass is 448 g/mol. The second-order valence-electron chi connectivity index (χ2n) is 8.25. The van der Waals surface area contributed by atoms with Gasteiger partial charge in [-0.1, -0.05) is 0 Å². The fourth-order valence-electron chi connectivity index (χ4n) is 4.64. The van der Waals surface area contributed by atoms with Crippen molar-refractivity contribution in [3.05, 3.63) is 46.0 Å². The van der Waals surface area contributed by atoms with Gasteiger partial charge in [0.05, 0.1) is 11.1 Å². The van der Waals surface area contributed by atoms with Gasteiger partial charge in [0, 0.05) is 54.4 Å². The molecule has 4 aromatic rings. The van der Waals surface area contributed by atoms with Crippen LogP contribution in [-0.4, -0.2) is 46.1 Å². The maximum Gasteiger partial charge on any atom is 0.185 e. The van der Waals surface area contributed by atoms with Gasteiger partial charge in [-0.2, -0.15) is 0 Å². The SMILES string of the molecule is Cc1csc(N2CCCN(c3nc(-c4cccnc4)nc4sc5c(c34)CCC5)CC2)n1. The van der Waals surface area contributed by atoms with Crippen LogP contribution in [0.5, 0.6) is 0 Å². The Morgan fingerprint density at radius 2 is 1.87 bits per heavy atom. The van der Waals surface area contributed by atoms with E-state index >= 15 is 0 Å². The Morgan fingerprint density at radius 3 is 2.71 bits per heavy atom. The fraction of sp³-hybridized carbons (Fsp3) is 0.391. The van der Waals surface area contributed by atoms with Crippen molar-refractivity contribution >= 4 is 43.8 Å². The molecule has 0 unspecified atom stereocenters. The highest BCUT2D eigenvalue weighted by Crippen LogP contribution is 2.41. The van der Waals surface area contributed by atoms with E-state index < -0.39 is 0 Å². The van der Waals surface area contributed by atoms with Gasteiger partial charge in [-0.05, 0) is 50.3 Å². The summed E-state index contributed by atoms with van der Waals surface area (Å²) in [6, 6.07) is 4.00. The van der Waals surface area contributed by atoms with Crippen LogP contribution < -0.4 is 9.80 Å². The summed E-state index contributed by atoms with van der Waals surface area (Å²) in [6.07, 6.45) is 8.33. The molecule has 0 N–H and O–H groups in total. The lowest BCUT2D eigenvalue weighted by atomic mass is 10.1. The van der Waals surface area contributed by atoms with E-state index in [0.717, 1.165) is 71.9 Å². The second kappa shape index (κ2) is 7.84. The van der Waals surface area contributed by atoms with Crippen molar-refractivity contribution < 1.29 is 0 Å². The fourth-order valence-corrected chi connectivity index (χ4v) is 6.75. The summed E-state index contributed by atoms with van der Waals surface area (Å²) in [5.74, 6) is 1.90. The van der Waals surface area contributed by atoms with Gasteiger partial charge in [-0.3, -0.25) is 4.98 Å². The molecule has 0 spiro atoms. The topological polar surface area (TPSA) is 58.0 Å². The Balaban J connectivity index is 1.41. The third-order valence-corrected chi connectivity index (χ3v) is 8.34. The molecule has 6 nitrogen and oxygen atoms in total. The largest absolute Gasteiger partial charge is 0.354 e. The molecule has 0 amide bonds. The number of nitrogens with zero attached hydrogens (tertiary/aromatic N) is 6. The second-order valence-corrected chi connectivity index (χ2v) is 10.2. The van der Waals surface area contributed by atoms with Gasteiger partial charge in [0.15, 0.2) is 11.0 Å². The predicted octanol–water partition coefficient (Wildman–Crippen LogP) is 4.72. The normalized spacial score (nSPS) is 16.7. The molecule has 1 saturated heterocycles. The zero-order valence-corrected chi connectivity index (χ0v) is 19.2. The van der Waals surface area contributed by atoms with E-state index in [1.165, 1.54) is 28.7 Å². The molecule has 0 saturated carbocycles. The van der Waals surface area contributed by atoms with Crippen LogP contribution in [-0.2, 0) is 12.8 Å². The summed E-state index contributed by atoms with van der Waals surface area (Å²) in [6.45, 7) is 6.02. The number of rotatable bonds is 3. The van der Waals surface area contributed by atoms with Crippen molar-refractivity contribution in [2.24, 2.45) is 0 Å². The molecule has 5 heterocycles. The van der Waals surface area contributed by atoms with E-state index in [0.29, 0.717) is 0 Å². The average molecular weight is 449 g/mol. The van der Waals surface area contributed by atoms with Gasteiger partial charge in [0.1, 0.15) is 10.6 Å². The summed E-state index contributed by atoms with van der Waals surface area (Å²) in [5.41, 5.74) is 3.58. The molecular formula is C23H24N6S2.